The summed E-state index contributed by atoms with van der Waals surface area (Å²) in [6, 6.07) is 10.0. The number of nitrogens with zero attached hydrogens (tertiary/aromatic N) is 3. The molecule has 2 aromatic carbocycles. The van der Waals surface area contributed by atoms with E-state index in [1.54, 1.807) is 6.21 Å². The number of aliphatic imine (C=N–C) groups is 1. The summed E-state index contributed by atoms with van der Waals surface area (Å²) in [5.41, 5.74) is 3.61. The number of allylic oxidation sites excluding steroid dienone is 1. The molecule has 2 heterocycles. The molecule has 0 saturated carbocycles. The summed E-state index contributed by atoms with van der Waals surface area (Å²) in [6.07, 6.45) is -1.08. The standard InChI is InChI=1S/C22H19F3N4O2S/c1-13-9-16(15-7-8-27-12-15)10-19(14(13)2)20-11-21(22(23,24)25)28-29(20)17-3-5-18(6-4-17)32(26,30)31/h3-11H,12H2,1-2H3,(H2,26,30,31). The number of hydrogen-bond acceptors (Lipinski definition) is 4. The molecule has 166 valence electrons. The molecular weight excluding hydrogens is 441 g/mol. The Morgan fingerprint density at radius 1 is 1.06 bits per heavy atom. The fourth-order valence-electron chi connectivity index (χ4n) is 3.53. The van der Waals surface area contributed by atoms with Gasteiger partial charge in [-0.05, 0) is 78.6 Å². The third-order valence-electron chi connectivity index (χ3n) is 5.37. The monoisotopic (exact) mass is 460 g/mol. The number of sulfonamides is 1. The second kappa shape index (κ2) is 7.72. The lowest BCUT2D eigenvalue weighted by atomic mass is 9.94. The zero-order valence-electron chi connectivity index (χ0n) is 17.2. The van der Waals surface area contributed by atoms with E-state index in [1.165, 1.54) is 28.9 Å². The number of rotatable bonds is 4. The molecule has 6 nitrogen and oxygen atoms in total. The Labute approximate surface area is 183 Å². The quantitative estimate of drug-likeness (QED) is 0.630. The van der Waals surface area contributed by atoms with Crippen molar-refractivity contribution >= 4 is 21.8 Å². The van der Waals surface area contributed by atoms with E-state index in [2.05, 4.69) is 10.1 Å². The molecule has 0 fully saturated rings. The van der Waals surface area contributed by atoms with E-state index in [0.29, 0.717) is 12.1 Å². The Balaban J connectivity index is 1.92. The van der Waals surface area contributed by atoms with Crippen LogP contribution in [0, 0.1) is 13.8 Å². The fraction of sp³-hybridized carbons (Fsp3) is 0.182. The highest BCUT2D eigenvalue weighted by Crippen LogP contribution is 2.36. The summed E-state index contributed by atoms with van der Waals surface area (Å²) >= 11 is 0. The molecule has 4 rings (SSSR count). The van der Waals surface area contributed by atoms with Crippen LogP contribution >= 0.6 is 0 Å². The Bertz CT molecular complexity index is 1370. The number of halogens is 3. The smallest absolute Gasteiger partial charge is 0.288 e. The van der Waals surface area contributed by atoms with Crippen LogP contribution in [-0.4, -0.2) is 31.0 Å². The predicted octanol–water partition coefficient (Wildman–Crippen LogP) is 4.29. The maximum absolute atomic E-state index is 13.5. The number of aryl methyl sites for hydroxylation is 1. The van der Waals surface area contributed by atoms with Crippen LogP contribution in [0.25, 0.3) is 22.5 Å². The molecule has 0 atom stereocenters. The first kappa shape index (κ1) is 22.0. The van der Waals surface area contributed by atoms with Gasteiger partial charge >= 0.3 is 6.18 Å². The Morgan fingerprint density at radius 3 is 2.31 bits per heavy atom. The summed E-state index contributed by atoms with van der Waals surface area (Å²) in [4.78, 5) is 4.04. The number of nitrogens with two attached hydrogens (primary N) is 1. The highest BCUT2D eigenvalue weighted by atomic mass is 32.2. The van der Waals surface area contributed by atoms with Gasteiger partial charge in [0, 0.05) is 11.8 Å². The zero-order chi connectivity index (χ0) is 23.3. The second-order valence-electron chi connectivity index (χ2n) is 7.51. The van der Waals surface area contributed by atoms with E-state index >= 15 is 0 Å². The number of primary sulfonamides is 1. The first-order valence-electron chi connectivity index (χ1n) is 9.56. The number of alkyl halides is 3. The maximum Gasteiger partial charge on any atom is 0.435 e. The van der Waals surface area contributed by atoms with E-state index in [4.69, 9.17) is 5.14 Å². The second-order valence-corrected chi connectivity index (χ2v) is 9.07. The van der Waals surface area contributed by atoms with Crippen molar-refractivity contribution in [3.63, 3.8) is 0 Å². The predicted molar refractivity (Wildman–Crippen MR) is 116 cm³/mol. The van der Waals surface area contributed by atoms with Crippen LogP contribution in [0.5, 0.6) is 0 Å². The van der Waals surface area contributed by atoms with Crippen LogP contribution in [0.4, 0.5) is 13.2 Å². The van der Waals surface area contributed by atoms with E-state index in [0.717, 1.165) is 28.3 Å². The van der Waals surface area contributed by atoms with Crippen LogP contribution in [0.15, 0.2) is 58.4 Å². The zero-order valence-corrected chi connectivity index (χ0v) is 18.0. The summed E-state index contributed by atoms with van der Waals surface area (Å²) in [6.45, 7) is 4.23. The van der Waals surface area contributed by atoms with Crippen LogP contribution in [0.2, 0.25) is 0 Å². The molecule has 1 aromatic heterocycles. The Hall–Kier alpha value is -3.24. The molecule has 2 N–H and O–H groups in total. The normalized spacial score (nSPS) is 14.1. The molecule has 0 saturated heterocycles. The fourth-order valence-corrected chi connectivity index (χ4v) is 4.05. The van der Waals surface area contributed by atoms with E-state index in [1.807, 2.05) is 32.1 Å². The summed E-state index contributed by atoms with van der Waals surface area (Å²) in [5, 5.41) is 8.92. The van der Waals surface area contributed by atoms with Gasteiger partial charge in [-0.3, -0.25) is 4.99 Å². The van der Waals surface area contributed by atoms with Crippen molar-refractivity contribution in [1.29, 1.82) is 0 Å². The van der Waals surface area contributed by atoms with Crippen molar-refractivity contribution in [1.82, 2.24) is 9.78 Å². The highest BCUT2D eigenvalue weighted by molar-refractivity contribution is 7.89. The molecule has 0 spiro atoms. The molecule has 0 unspecified atom stereocenters. The SMILES string of the molecule is Cc1cc(C2=CC=NC2)cc(-c2cc(C(F)(F)F)nn2-c2ccc(S(N)(=O)=O)cc2)c1C. The van der Waals surface area contributed by atoms with Gasteiger partial charge in [-0.1, -0.05) is 6.07 Å². The van der Waals surface area contributed by atoms with Crippen molar-refractivity contribution in [3.8, 4) is 16.9 Å². The third kappa shape index (κ3) is 4.11. The molecule has 1 aliphatic heterocycles. The third-order valence-corrected chi connectivity index (χ3v) is 6.30. The lowest BCUT2D eigenvalue weighted by molar-refractivity contribution is -0.141. The van der Waals surface area contributed by atoms with Crippen molar-refractivity contribution in [2.45, 2.75) is 24.9 Å². The molecule has 0 aliphatic carbocycles. The van der Waals surface area contributed by atoms with Gasteiger partial charge in [0.05, 0.1) is 22.8 Å². The maximum atomic E-state index is 13.5. The van der Waals surface area contributed by atoms with Gasteiger partial charge in [0.1, 0.15) is 0 Å². The molecule has 0 amide bonds. The van der Waals surface area contributed by atoms with Gasteiger partial charge in [0.2, 0.25) is 10.0 Å². The first-order valence-corrected chi connectivity index (χ1v) is 11.1. The summed E-state index contributed by atoms with van der Waals surface area (Å²) < 4.78 is 64.9. The van der Waals surface area contributed by atoms with Crippen LogP contribution in [0.3, 0.4) is 0 Å². The minimum Gasteiger partial charge on any atom is -0.288 e. The molecule has 0 radical (unpaired) electrons. The molecule has 1 aliphatic rings. The number of aromatic nitrogens is 2. The van der Waals surface area contributed by atoms with Gasteiger partial charge in [0.25, 0.3) is 0 Å². The summed E-state index contributed by atoms with van der Waals surface area (Å²) in [5.74, 6) is 0. The Morgan fingerprint density at radius 2 is 1.75 bits per heavy atom. The van der Waals surface area contributed by atoms with Crippen molar-refractivity contribution in [3.05, 3.63) is 70.9 Å². The minimum absolute atomic E-state index is 0.145. The highest BCUT2D eigenvalue weighted by Gasteiger charge is 2.35. The van der Waals surface area contributed by atoms with Crippen molar-refractivity contribution < 1.29 is 21.6 Å². The number of hydrogen-bond donors (Lipinski definition) is 1. The largest absolute Gasteiger partial charge is 0.435 e. The van der Waals surface area contributed by atoms with Crippen LogP contribution in [-0.2, 0) is 16.2 Å². The molecule has 3 aromatic rings. The van der Waals surface area contributed by atoms with Crippen LogP contribution < -0.4 is 5.14 Å². The minimum atomic E-state index is -4.65. The Kier molecular flexibility index (Phi) is 5.30. The van der Waals surface area contributed by atoms with Crippen molar-refractivity contribution in [2.24, 2.45) is 10.1 Å². The molecule has 0 bridgehead atoms. The lowest BCUT2D eigenvalue weighted by Gasteiger charge is -2.15. The van der Waals surface area contributed by atoms with E-state index in [-0.39, 0.29) is 16.3 Å². The van der Waals surface area contributed by atoms with Gasteiger partial charge < -0.3 is 0 Å². The van der Waals surface area contributed by atoms with Gasteiger partial charge in [0.15, 0.2) is 5.69 Å². The first-order chi connectivity index (χ1) is 14.9. The van der Waals surface area contributed by atoms with Crippen molar-refractivity contribution in [2.75, 3.05) is 6.54 Å². The average molecular weight is 460 g/mol. The summed E-state index contributed by atoms with van der Waals surface area (Å²) in [7, 11) is -3.94. The van der Waals surface area contributed by atoms with E-state index in [9.17, 15) is 21.6 Å². The molecular formula is C22H19F3N4O2S. The molecule has 10 heteroatoms. The average Bonchev–Trinajstić information content (AvgIpc) is 3.39. The van der Waals surface area contributed by atoms with Gasteiger partial charge in [-0.15, -0.1) is 0 Å². The van der Waals surface area contributed by atoms with Crippen LogP contribution in [0.1, 0.15) is 22.4 Å². The van der Waals surface area contributed by atoms with Gasteiger partial charge in [-0.25, -0.2) is 18.2 Å². The van der Waals surface area contributed by atoms with Gasteiger partial charge in [-0.2, -0.15) is 18.3 Å². The number of benzene rings is 2. The topological polar surface area (TPSA) is 90.3 Å². The van der Waals surface area contributed by atoms with E-state index < -0.39 is 21.9 Å². The molecule has 32 heavy (non-hydrogen) atoms. The lowest BCUT2D eigenvalue weighted by Crippen LogP contribution is -2.12.